The third-order valence-corrected chi connectivity index (χ3v) is 4.74. The smallest absolute Gasteiger partial charge is 0.248 e. The number of para-hydroxylation sites is 1. The van der Waals surface area contributed by atoms with E-state index in [4.69, 9.17) is 4.42 Å². The predicted octanol–water partition coefficient (Wildman–Crippen LogP) is 3.98. The Balaban J connectivity index is 1.48. The van der Waals surface area contributed by atoms with Crippen LogP contribution >= 0.6 is 0 Å². The van der Waals surface area contributed by atoms with Crippen molar-refractivity contribution in [1.82, 2.24) is 9.88 Å². The minimum absolute atomic E-state index is 0.184. The largest absolute Gasteiger partial charge is 0.443 e. The van der Waals surface area contributed by atoms with Gasteiger partial charge in [-0.25, -0.2) is 4.98 Å². The van der Waals surface area contributed by atoms with Crippen LogP contribution in [0.4, 0.5) is 5.69 Å². The molecule has 1 N–H and O–H groups in total. The van der Waals surface area contributed by atoms with E-state index in [2.05, 4.69) is 40.4 Å². The maximum absolute atomic E-state index is 12.4. The first-order valence-corrected chi connectivity index (χ1v) is 8.96. The van der Waals surface area contributed by atoms with E-state index in [1.165, 1.54) is 17.5 Å². The maximum Gasteiger partial charge on any atom is 0.248 e. The van der Waals surface area contributed by atoms with Crippen LogP contribution in [0.2, 0.25) is 0 Å². The van der Waals surface area contributed by atoms with E-state index in [9.17, 15) is 4.79 Å². The second kappa shape index (κ2) is 7.60. The summed E-state index contributed by atoms with van der Waals surface area (Å²) in [5.41, 5.74) is 5.25. The van der Waals surface area contributed by atoms with Crippen molar-refractivity contribution in [1.29, 1.82) is 0 Å². The summed E-state index contributed by atoms with van der Waals surface area (Å²) in [4.78, 5) is 18.6. The Morgan fingerprint density at radius 1 is 1.22 bits per heavy atom. The minimum Gasteiger partial charge on any atom is -0.443 e. The number of amides is 1. The first-order valence-electron chi connectivity index (χ1n) is 8.96. The van der Waals surface area contributed by atoms with Gasteiger partial charge in [0.15, 0.2) is 12.2 Å². The molecule has 2 heterocycles. The molecule has 0 saturated carbocycles. The number of aromatic nitrogens is 1. The van der Waals surface area contributed by atoms with Gasteiger partial charge in [-0.05, 0) is 48.4 Å². The third-order valence-electron chi connectivity index (χ3n) is 4.74. The zero-order chi connectivity index (χ0) is 18.6. The molecule has 1 aliphatic rings. The quantitative estimate of drug-likeness (QED) is 0.716. The topological polar surface area (TPSA) is 58.4 Å². The van der Waals surface area contributed by atoms with Gasteiger partial charge in [0.1, 0.15) is 0 Å². The average Bonchev–Trinajstić information content (AvgIpc) is 3.21. The van der Waals surface area contributed by atoms with E-state index >= 15 is 0 Å². The Labute approximate surface area is 158 Å². The van der Waals surface area contributed by atoms with Crippen molar-refractivity contribution in [3.8, 4) is 11.3 Å². The van der Waals surface area contributed by atoms with Crippen molar-refractivity contribution in [2.75, 3.05) is 18.9 Å². The van der Waals surface area contributed by atoms with Crippen LogP contribution in [0.15, 0.2) is 65.5 Å². The lowest BCUT2D eigenvalue weighted by Gasteiger charge is -2.25. The number of carbonyl (C=O) groups is 1. The molecule has 3 aromatic rings. The van der Waals surface area contributed by atoms with Gasteiger partial charge in [0.05, 0.1) is 11.9 Å². The second-order valence-corrected chi connectivity index (χ2v) is 6.75. The average molecular weight is 359 g/mol. The van der Waals surface area contributed by atoms with Gasteiger partial charge in [-0.15, -0.1) is 0 Å². The van der Waals surface area contributed by atoms with E-state index in [1.807, 2.05) is 30.3 Å². The molecule has 0 radical (unpaired) electrons. The highest BCUT2D eigenvalue weighted by molar-refractivity contribution is 6.04. The van der Waals surface area contributed by atoms with Crippen LogP contribution in [0.5, 0.6) is 0 Å². The fourth-order valence-corrected chi connectivity index (χ4v) is 3.32. The number of anilines is 1. The number of benzene rings is 2. The number of nitrogens with zero attached hydrogens (tertiary/aromatic N) is 2. The number of carbonyl (C=O) groups excluding carboxylic acids is 1. The molecular weight excluding hydrogens is 338 g/mol. The summed E-state index contributed by atoms with van der Waals surface area (Å²) in [6.45, 7) is 2.04. The third kappa shape index (κ3) is 3.99. The van der Waals surface area contributed by atoms with E-state index in [-0.39, 0.29) is 5.91 Å². The molecule has 136 valence electrons. The predicted molar refractivity (Wildman–Crippen MR) is 106 cm³/mol. The van der Waals surface area contributed by atoms with Gasteiger partial charge in [0.25, 0.3) is 0 Å². The van der Waals surface area contributed by atoms with Crippen molar-refractivity contribution >= 4 is 17.7 Å². The highest BCUT2D eigenvalue weighted by Crippen LogP contribution is 2.27. The Bertz CT molecular complexity index is 977. The molecule has 0 spiro atoms. The summed E-state index contributed by atoms with van der Waals surface area (Å²) >= 11 is 0. The minimum atomic E-state index is -0.184. The van der Waals surface area contributed by atoms with Crippen LogP contribution in [0.3, 0.4) is 0 Å². The highest BCUT2D eigenvalue weighted by Gasteiger charge is 2.13. The van der Waals surface area contributed by atoms with Crippen molar-refractivity contribution in [3.63, 3.8) is 0 Å². The SMILES string of the molecule is CN1CCc2ccc(C=CC(=O)Nc3ccccc3-c3cnco3)cc2C1. The van der Waals surface area contributed by atoms with E-state index in [0.29, 0.717) is 11.4 Å². The lowest BCUT2D eigenvalue weighted by atomic mass is 9.97. The van der Waals surface area contributed by atoms with Gasteiger partial charge in [0.2, 0.25) is 5.91 Å². The molecule has 0 fully saturated rings. The molecular formula is C22H21N3O2. The zero-order valence-electron chi connectivity index (χ0n) is 15.2. The molecule has 4 rings (SSSR count). The molecule has 1 aliphatic heterocycles. The van der Waals surface area contributed by atoms with Gasteiger partial charge in [-0.1, -0.05) is 30.3 Å². The fourth-order valence-electron chi connectivity index (χ4n) is 3.32. The van der Waals surface area contributed by atoms with E-state index in [1.54, 1.807) is 12.3 Å². The summed E-state index contributed by atoms with van der Waals surface area (Å²) in [6, 6.07) is 13.9. The molecule has 0 atom stereocenters. The van der Waals surface area contributed by atoms with Gasteiger partial charge in [-0.3, -0.25) is 4.79 Å². The number of rotatable bonds is 4. The second-order valence-electron chi connectivity index (χ2n) is 6.75. The number of hydrogen-bond acceptors (Lipinski definition) is 4. The molecule has 0 saturated heterocycles. The molecule has 27 heavy (non-hydrogen) atoms. The van der Waals surface area contributed by atoms with Crippen LogP contribution < -0.4 is 5.32 Å². The molecule has 0 aliphatic carbocycles. The Hall–Kier alpha value is -3.18. The van der Waals surface area contributed by atoms with E-state index in [0.717, 1.165) is 30.6 Å². The Morgan fingerprint density at radius 2 is 2.11 bits per heavy atom. The van der Waals surface area contributed by atoms with Crippen LogP contribution in [-0.2, 0) is 17.8 Å². The molecule has 2 aromatic carbocycles. The lowest BCUT2D eigenvalue weighted by Crippen LogP contribution is -2.26. The lowest BCUT2D eigenvalue weighted by molar-refractivity contribution is -0.111. The van der Waals surface area contributed by atoms with Crippen molar-refractivity contribution < 1.29 is 9.21 Å². The van der Waals surface area contributed by atoms with E-state index < -0.39 is 0 Å². The first-order chi connectivity index (χ1) is 13.2. The first kappa shape index (κ1) is 17.2. The van der Waals surface area contributed by atoms with Crippen molar-refractivity contribution in [2.45, 2.75) is 13.0 Å². The summed E-state index contributed by atoms with van der Waals surface area (Å²) in [6.07, 6.45) is 7.49. The molecule has 5 heteroatoms. The summed E-state index contributed by atoms with van der Waals surface area (Å²) in [7, 11) is 2.13. The van der Waals surface area contributed by atoms with Gasteiger partial charge < -0.3 is 14.6 Å². The Kier molecular flexibility index (Phi) is 4.85. The Morgan fingerprint density at radius 3 is 2.96 bits per heavy atom. The van der Waals surface area contributed by atoms with Crippen LogP contribution in [0, 0.1) is 0 Å². The molecule has 5 nitrogen and oxygen atoms in total. The summed E-state index contributed by atoms with van der Waals surface area (Å²) < 4.78 is 5.35. The number of hydrogen-bond donors (Lipinski definition) is 1. The number of nitrogens with one attached hydrogen (secondary N) is 1. The molecule has 1 aromatic heterocycles. The van der Waals surface area contributed by atoms with Crippen LogP contribution in [0.25, 0.3) is 17.4 Å². The number of fused-ring (bicyclic) bond motifs is 1. The normalized spacial score (nSPS) is 14.3. The monoisotopic (exact) mass is 359 g/mol. The van der Waals surface area contributed by atoms with Gasteiger partial charge in [0, 0.05) is 24.7 Å². The molecule has 0 unspecified atom stereocenters. The summed E-state index contributed by atoms with van der Waals surface area (Å²) in [5, 5.41) is 2.92. The highest BCUT2D eigenvalue weighted by atomic mass is 16.3. The van der Waals surface area contributed by atoms with Crippen molar-refractivity contribution in [3.05, 3.63) is 77.8 Å². The summed E-state index contributed by atoms with van der Waals surface area (Å²) in [5.74, 6) is 0.436. The van der Waals surface area contributed by atoms with Gasteiger partial charge >= 0.3 is 0 Å². The maximum atomic E-state index is 12.4. The standard InChI is InChI=1S/C22H21N3O2/c1-25-11-10-17-8-6-16(12-18(17)14-25)7-9-22(26)24-20-5-3-2-4-19(20)21-13-23-15-27-21/h2-9,12-13,15H,10-11,14H2,1H3,(H,24,26). The van der Waals surface area contributed by atoms with Gasteiger partial charge in [-0.2, -0.15) is 0 Å². The van der Waals surface area contributed by atoms with Crippen LogP contribution in [0.1, 0.15) is 16.7 Å². The molecule has 0 bridgehead atoms. The number of likely N-dealkylation sites (N-methyl/N-ethyl adjacent to an activating group) is 1. The zero-order valence-corrected chi connectivity index (χ0v) is 15.2. The van der Waals surface area contributed by atoms with Crippen molar-refractivity contribution in [2.24, 2.45) is 0 Å². The molecule has 1 amide bonds. The number of oxazole rings is 1. The fraction of sp³-hybridized carbons (Fsp3) is 0.182. The van der Waals surface area contributed by atoms with Crippen LogP contribution in [-0.4, -0.2) is 29.4 Å².